The van der Waals surface area contributed by atoms with Crippen LogP contribution in [0, 0.1) is 11.8 Å². The standard InChI is InChI=1S/C16H31NO/c1-13-5-3-7-15(9-8-13)17-12-16(18)10-4-6-14(2)11-16/h13-15,17-18H,3-12H2,1-2H3. The summed E-state index contributed by atoms with van der Waals surface area (Å²) in [6, 6.07) is 0.649. The number of rotatable bonds is 3. The largest absolute Gasteiger partial charge is 0.389 e. The summed E-state index contributed by atoms with van der Waals surface area (Å²) < 4.78 is 0. The highest BCUT2D eigenvalue weighted by atomic mass is 16.3. The van der Waals surface area contributed by atoms with Crippen molar-refractivity contribution in [2.24, 2.45) is 11.8 Å². The maximum absolute atomic E-state index is 10.6. The zero-order valence-corrected chi connectivity index (χ0v) is 12.3. The highest BCUT2D eigenvalue weighted by Gasteiger charge is 2.32. The van der Waals surface area contributed by atoms with Crippen molar-refractivity contribution in [3.05, 3.63) is 0 Å². The van der Waals surface area contributed by atoms with E-state index < -0.39 is 5.60 Å². The van der Waals surface area contributed by atoms with Crippen LogP contribution >= 0.6 is 0 Å². The number of hydrogen-bond donors (Lipinski definition) is 2. The molecule has 0 amide bonds. The van der Waals surface area contributed by atoms with Crippen molar-refractivity contribution >= 4 is 0 Å². The molecular weight excluding hydrogens is 222 g/mol. The van der Waals surface area contributed by atoms with Gasteiger partial charge in [-0.15, -0.1) is 0 Å². The molecule has 2 rings (SSSR count). The summed E-state index contributed by atoms with van der Waals surface area (Å²) in [5.41, 5.74) is -0.421. The van der Waals surface area contributed by atoms with Crippen molar-refractivity contribution in [2.75, 3.05) is 6.54 Å². The lowest BCUT2D eigenvalue weighted by Crippen LogP contribution is -2.47. The van der Waals surface area contributed by atoms with Crippen molar-refractivity contribution < 1.29 is 5.11 Å². The van der Waals surface area contributed by atoms with E-state index in [1.54, 1.807) is 0 Å². The third-order valence-electron chi connectivity index (χ3n) is 5.04. The van der Waals surface area contributed by atoms with Gasteiger partial charge in [-0.25, -0.2) is 0 Å². The van der Waals surface area contributed by atoms with Gasteiger partial charge in [0.25, 0.3) is 0 Å². The predicted octanol–water partition coefficient (Wildman–Crippen LogP) is 3.49. The molecular formula is C16H31NO. The number of aliphatic hydroxyl groups is 1. The van der Waals surface area contributed by atoms with Crippen molar-refractivity contribution in [3.63, 3.8) is 0 Å². The zero-order chi connectivity index (χ0) is 13.0. The molecule has 4 atom stereocenters. The Morgan fingerprint density at radius 1 is 1.00 bits per heavy atom. The van der Waals surface area contributed by atoms with Crippen LogP contribution in [0.25, 0.3) is 0 Å². The van der Waals surface area contributed by atoms with Gasteiger partial charge in [-0.2, -0.15) is 0 Å². The third kappa shape index (κ3) is 4.24. The lowest BCUT2D eigenvalue weighted by atomic mass is 9.79. The molecule has 2 nitrogen and oxygen atoms in total. The average molecular weight is 253 g/mol. The van der Waals surface area contributed by atoms with Crippen molar-refractivity contribution in [1.29, 1.82) is 0 Å². The van der Waals surface area contributed by atoms with Crippen LogP contribution in [0.1, 0.15) is 71.6 Å². The maximum Gasteiger partial charge on any atom is 0.0774 e. The first-order valence-electron chi connectivity index (χ1n) is 8.03. The predicted molar refractivity (Wildman–Crippen MR) is 76.6 cm³/mol. The second-order valence-corrected chi connectivity index (χ2v) is 7.12. The van der Waals surface area contributed by atoms with Crippen LogP contribution in [0.3, 0.4) is 0 Å². The fourth-order valence-electron chi connectivity index (χ4n) is 3.82. The topological polar surface area (TPSA) is 32.3 Å². The van der Waals surface area contributed by atoms with Gasteiger partial charge >= 0.3 is 0 Å². The molecule has 0 radical (unpaired) electrons. The van der Waals surface area contributed by atoms with Crippen LogP contribution in [0.4, 0.5) is 0 Å². The fraction of sp³-hybridized carbons (Fsp3) is 1.00. The Kier molecular flexibility index (Phi) is 5.08. The van der Waals surface area contributed by atoms with E-state index in [-0.39, 0.29) is 0 Å². The first-order chi connectivity index (χ1) is 8.57. The van der Waals surface area contributed by atoms with Gasteiger partial charge in [-0.05, 0) is 43.9 Å². The zero-order valence-electron chi connectivity index (χ0n) is 12.3. The van der Waals surface area contributed by atoms with Crippen LogP contribution < -0.4 is 5.32 Å². The summed E-state index contributed by atoms with van der Waals surface area (Å²) in [7, 11) is 0. The molecule has 2 aliphatic carbocycles. The highest BCUT2D eigenvalue weighted by molar-refractivity contribution is 4.88. The number of hydrogen-bond acceptors (Lipinski definition) is 2. The van der Waals surface area contributed by atoms with Gasteiger partial charge in [-0.3, -0.25) is 0 Å². The lowest BCUT2D eigenvalue weighted by Gasteiger charge is -2.37. The molecule has 0 heterocycles. The molecule has 0 aromatic carbocycles. The van der Waals surface area contributed by atoms with E-state index in [2.05, 4.69) is 19.2 Å². The highest BCUT2D eigenvalue weighted by Crippen LogP contribution is 2.32. The lowest BCUT2D eigenvalue weighted by molar-refractivity contribution is -0.0140. The van der Waals surface area contributed by atoms with Gasteiger partial charge in [0.05, 0.1) is 5.60 Å². The van der Waals surface area contributed by atoms with Crippen molar-refractivity contribution in [3.8, 4) is 0 Å². The van der Waals surface area contributed by atoms with Gasteiger partial charge in [0.1, 0.15) is 0 Å². The smallest absolute Gasteiger partial charge is 0.0774 e. The first kappa shape index (κ1) is 14.3. The van der Waals surface area contributed by atoms with Crippen molar-refractivity contribution in [1.82, 2.24) is 5.32 Å². The molecule has 2 aliphatic rings. The molecule has 2 fully saturated rings. The van der Waals surface area contributed by atoms with Crippen LogP contribution in [0.2, 0.25) is 0 Å². The minimum atomic E-state index is -0.421. The molecule has 0 bridgehead atoms. The first-order valence-corrected chi connectivity index (χ1v) is 8.03. The summed E-state index contributed by atoms with van der Waals surface area (Å²) >= 11 is 0. The molecule has 2 N–H and O–H groups in total. The van der Waals surface area contributed by atoms with E-state index in [0.717, 1.165) is 25.3 Å². The molecule has 0 aliphatic heterocycles. The van der Waals surface area contributed by atoms with Crippen LogP contribution in [0.5, 0.6) is 0 Å². The minimum Gasteiger partial charge on any atom is -0.389 e. The summed E-state index contributed by atoms with van der Waals surface area (Å²) in [6.07, 6.45) is 11.2. The number of nitrogens with one attached hydrogen (secondary N) is 1. The molecule has 18 heavy (non-hydrogen) atoms. The van der Waals surface area contributed by atoms with E-state index in [9.17, 15) is 5.11 Å². The Morgan fingerprint density at radius 3 is 2.56 bits per heavy atom. The summed E-state index contributed by atoms with van der Waals surface area (Å²) in [4.78, 5) is 0. The Balaban J connectivity index is 1.76. The molecule has 0 aromatic rings. The Hall–Kier alpha value is -0.0800. The van der Waals surface area contributed by atoms with Crippen LogP contribution in [-0.4, -0.2) is 23.3 Å². The van der Waals surface area contributed by atoms with Gasteiger partial charge in [0.15, 0.2) is 0 Å². The van der Waals surface area contributed by atoms with Gasteiger partial charge in [-0.1, -0.05) is 39.5 Å². The second kappa shape index (κ2) is 6.38. The normalized spacial score (nSPS) is 42.5. The van der Waals surface area contributed by atoms with Crippen LogP contribution in [-0.2, 0) is 0 Å². The van der Waals surface area contributed by atoms with E-state index >= 15 is 0 Å². The molecule has 0 aromatic heterocycles. The van der Waals surface area contributed by atoms with Crippen LogP contribution in [0.15, 0.2) is 0 Å². The molecule has 4 unspecified atom stereocenters. The average Bonchev–Trinajstić information content (AvgIpc) is 2.51. The Bertz CT molecular complexity index is 255. The van der Waals surface area contributed by atoms with Gasteiger partial charge in [0.2, 0.25) is 0 Å². The third-order valence-corrected chi connectivity index (χ3v) is 5.04. The minimum absolute atomic E-state index is 0.421. The fourth-order valence-corrected chi connectivity index (χ4v) is 3.82. The quantitative estimate of drug-likeness (QED) is 0.755. The van der Waals surface area contributed by atoms with Gasteiger partial charge in [0, 0.05) is 12.6 Å². The Morgan fingerprint density at radius 2 is 1.78 bits per heavy atom. The van der Waals surface area contributed by atoms with E-state index in [4.69, 9.17) is 0 Å². The van der Waals surface area contributed by atoms with E-state index in [1.165, 1.54) is 44.9 Å². The molecule has 106 valence electrons. The SMILES string of the molecule is CC1CCCC(NCC2(O)CCCC(C)C2)CC1. The summed E-state index contributed by atoms with van der Waals surface area (Å²) in [6.45, 7) is 5.46. The van der Waals surface area contributed by atoms with E-state index in [1.807, 2.05) is 0 Å². The second-order valence-electron chi connectivity index (χ2n) is 7.12. The molecule has 2 heteroatoms. The monoisotopic (exact) mass is 253 g/mol. The summed E-state index contributed by atoms with van der Waals surface area (Å²) in [5, 5.41) is 14.3. The van der Waals surface area contributed by atoms with Crippen molar-refractivity contribution in [2.45, 2.75) is 83.3 Å². The maximum atomic E-state index is 10.6. The molecule has 0 spiro atoms. The molecule has 2 saturated carbocycles. The van der Waals surface area contributed by atoms with E-state index in [0.29, 0.717) is 12.0 Å². The van der Waals surface area contributed by atoms with Gasteiger partial charge < -0.3 is 10.4 Å². The Labute approximate surface area is 113 Å². The summed E-state index contributed by atoms with van der Waals surface area (Å²) in [5.74, 6) is 1.59. The molecule has 0 saturated heterocycles.